The average Bonchev–Trinajstić information content (AvgIpc) is 3.22. The van der Waals surface area contributed by atoms with Crippen molar-refractivity contribution in [2.45, 2.75) is 29.8 Å². The number of halogens is 3. The lowest BCUT2D eigenvalue weighted by Crippen LogP contribution is -2.11. The lowest BCUT2D eigenvalue weighted by atomic mass is 10.0. The molecule has 0 saturated heterocycles. The summed E-state index contributed by atoms with van der Waals surface area (Å²) in [5.74, 6) is -0.328. The number of alkyl halides is 3. The van der Waals surface area contributed by atoms with Gasteiger partial charge in [0.1, 0.15) is 0 Å². The second-order valence-corrected chi connectivity index (χ2v) is 6.06. The molecule has 122 valence electrons. The van der Waals surface area contributed by atoms with Gasteiger partial charge < -0.3 is 9.08 Å². The summed E-state index contributed by atoms with van der Waals surface area (Å²) >= 11 is -2.99. The van der Waals surface area contributed by atoms with Gasteiger partial charge in [0.15, 0.2) is 11.5 Å². The van der Waals surface area contributed by atoms with Crippen LogP contribution in [0.15, 0.2) is 33.8 Å². The quantitative estimate of drug-likeness (QED) is 0.629. The number of carbonyl (C=O) groups excluding carboxylic acids is 1. The Labute approximate surface area is 130 Å². The highest BCUT2D eigenvalue weighted by molar-refractivity contribution is 7.79. The number of aromatic nitrogens is 1. The summed E-state index contributed by atoms with van der Waals surface area (Å²) in [5.41, 5.74) is -1.39. The first kappa shape index (κ1) is 15.9. The van der Waals surface area contributed by atoms with Crippen LogP contribution in [-0.2, 0) is 17.3 Å². The molecule has 1 heterocycles. The van der Waals surface area contributed by atoms with Gasteiger partial charge in [-0.1, -0.05) is 5.16 Å². The maximum absolute atomic E-state index is 12.7. The van der Waals surface area contributed by atoms with Crippen LogP contribution in [0.2, 0.25) is 0 Å². The largest absolute Gasteiger partial charge is 0.768 e. The van der Waals surface area contributed by atoms with Gasteiger partial charge in [-0.3, -0.25) is 9.00 Å². The van der Waals surface area contributed by atoms with Crippen molar-refractivity contribution in [3.05, 3.63) is 46.8 Å². The van der Waals surface area contributed by atoms with Crippen LogP contribution < -0.4 is 0 Å². The summed E-state index contributed by atoms with van der Waals surface area (Å²) in [6, 6.07) is 1.98. The fourth-order valence-corrected chi connectivity index (χ4v) is 2.79. The maximum Gasteiger partial charge on any atom is 0.416 e. The van der Waals surface area contributed by atoms with Crippen molar-refractivity contribution >= 4 is 16.9 Å². The molecule has 0 aliphatic heterocycles. The van der Waals surface area contributed by atoms with Crippen LogP contribution in [0.3, 0.4) is 0 Å². The van der Waals surface area contributed by atoms with Gasteiger partial charge in [0.05, 0.1) is 17.3 Å². The molecule has 0 spiro atoms. The van der Waals surface area contributed by atoms with Gasteiger partial charge in [-0.25, -0.2) is 0 Å². The third kappa shape index (κ3) is 3.06. The molecule has 9 heteroatoms. The second kappa shape index (κ2) is 5.57. The molecule has 1 atom stereocenters. The molecule has 3 rings (SSSR count). The van der Waals surface area contributed by atoms with Gasteiger partial charge in [0, 0.05) is 16.4 Å². The molecule has 1 fully saturated rings. The molecule has 1 aromatic heterocycles. The maximum atomic E-state index is 12.7. The van der Waals surface area contributed by atoms with E-state index in [0.29, 0.717) is 17.9 Å². The number of hydrogen-bond acceptors (Lipinski definition) is 5. The Bertz CT molecular complexity index is 796. The minimum atomic E-state index is -4.70. The molecule has 1 aromatic carbocycles. The molecular formula is C14H9F3NO4S-. The highest BCUT2D eigenvalue weighted by Gasteiger charge is 2.35. The van der Waals surface area contributed by atoms with Gasteiger partial charge in [0.25, 0.3) is 0 Å². The van der Waals surface area contributed by atoms with Crippen molar-refractivity contribution in [3.8, 4) is 0 Å². The average molecular weight is 344 g/mol. The van der Waals surface area contributed by atoms with Crippen molar-refractivity contribution in [1.29, 1.82) is 0 Å². The summed E-state index contributed by atoms with van der Waals surface area (Å²) in [5, 5.41) is 3.53. The van der Waals surface area contributed by atoms with E-state index in [0.717, 1.165) is 25.1 Å². The molecule has 0 bridgehead atoms. The minimum absolute atomic E-state index is 0.0482. The van der Waals surface area contributed by atoms with Gasteiger partial charge in [-0.05, 0) is 42.1 Å². The number of nitrogens with zero attached hydrogens (tertiary/aromatic N) is 1. The van der Waals surface area contributed by atoms with Crippen LogP contribution in [0, 0.1) is 0 Å². The Morgan fingerprint density at radius 2 is 2.00 bits per heavy atom. The van der Waals surface area contributed by atoms with Crippen molar-refractivity contribution in [2.75, 3.05) is 0 Å². The van der Waals surface area contributed by atoms with E-state index in [-0.39, 0.29) is 17.0 Å². The number of carbonyl (C=O) groups is 1. The lowest BCUT2D eigenvalue weighted by Gasteiger charge is -2.14. The molecule has 1 saturated carbocycles. The molecule has 1 aliphatic carbocycles. The van der Waals surface area contributed by atoms with Crippen molar-refractivity contribution in [1.82, 2.24) is 5.16 Å². The predicted octanol–water partition coefficient (Wildman–Crippen LogP) is 3.04. The Morgan fingerprint density at radius 3 is 2.57 bits per heavy atom. The first-order valence-electron chi connectivity index (χ1n) is 6.59. The van der Waals surface area contributed by atoms with E-state index < -0.39 is 33.5 Å². The molecule has 2 aromatic rings. The van der Waals surface area contributed by atoms with Crippen molar-refractivity contribution in [3.63, 3.8) is 0 Å². The van der Waals surface area contributed by atoms with E-state index in [4.69, 9.17) is 4.52 Å². The Balaban J connectivity index is 2.06. The Kier molecular flexibility index (Phi) is 3.85. The van der Waals surface area contributed by atoms with E-state index in [9.17, 15) is 26.7 Å². The molecule has 0 radical (unpaired) electrons. The van der Waals surface area contributed by atoms with E-state index >= 15 is 0 Å². The van der Waals surface area contributed by atoms with Crippen LogP contribution in [0.5, 0.6) is 0 Å². The standard InChI is InChI=1S/C14H10F3NO4S/c15-14(16,17)8-3-4-9(11(5-8)23(20)21)12(19)10-6-18-22-13(10)7-1-2-7/h3-7H,1-2H2,(H,20,21)/p-1. The molecule has 1 unspecified atom stereocenters. The molecule has 1 aliphatic rings. The third-order valence-electron chi connectivity index (χ3n) is 3.52. The Morgan fingerprint density at radius 1 is 1.30 bits per heavy atom. The highest BCUT2D eigenvalue weighted by atomic mass is 32.2. The zero-order valence-electron chi connectivity index (χ0n) is 11.4. The monoisotopic (exact) mass is 344 g/mol. The van der Waals surface area contributed by atoms with Crippen LogP contribution in [0.1, 0.15) is 46.0 Å². The second-order valence-electron chi connectivity index (χ2n) is 5.15. The lowest BCUT2D eigenvalue weighted by molar-refractivity contribution is -0.137. The smallest absolute Gasteiger partial charge is 0.416 e. The van der Waals surface area contributed by atoms with Crippen molar-refractivity contribution in [2.24, 2.45) is 0 Å². The van der Waals surface area contributed by atoms with Gasteiger partial charge in [-0.2, -0.15) is 13.2 Å². The van der Waals surface area contributed by atoms with Crippen LogP contribution in [-0.4, -0.2) is 19.7 Å². The van der Waals surface area contributed by atoms with Gasteiger partial charge >= 0.3 is 6.18 Å². The van der Waals surface area contributed by atoms with Gasteiger partial charge in [0.2, 0.25) is 0 Å². The highest BCUT2D eigenvalue weighted by Crippen LogP contribution is 2.42. The minimum Gasteiger partial charge on any atom is -0.768 e. The zero-order chi connectivity index (χ0) is 16.8. The fraction of sp³-hybridized carbons (Fsp3) is 0.286. The molecule has 0 N–H and O–H groups in total. The summed E-state index contributed by atoms with van der Waals surface area (Å²) in [6.07, 6.45) is -1.90. The number of rotatable bonds is 4. The van der Waals surface area contributed by atoms with E-state index in [2.05, 4.69) is 5.16 Å². The third-order valence-corrected chi connectivity index (χ3v) is 4.22. The van der Waals surface area contributed by atoms with Crippen LogP contribution in [0.25, 0.3) is 0 Å². The molecule has 5 nitrogen and oxygen atoms in total. The van der Waals surface area contributed by atoms with E-state index in [1.807, 2.05) is 0 Å². The molecule has 23 heavy (non-hydrogen) atoms. The van der Waals surface area contributed by atoms with Crippen molar-refractivity contribution < 1.29 is 31.3 Å². The topological polar surface area (TPSA) is 83.2 Å². The number of hydrogen-bond donors (Lipinski definition) is 0. The van der Waals surface area contributed by atoms with E-state index in [1.54, 1.807) is 0 Å². The summed E-state index contributed by atoms with van der Waals surface area (Å²) in [6.45, 7) is 0. The predicted molar refractivity (Wildman–Crippen MR) is 70.5 cm³/mol. The summed E-state index contributed by atoms with van der Waals surface area (Å²) in [4.78, 5) is 11.8. The molecular weight excluding hydrogens is 335 g/mol. The van der Waals surface area contributed by atoms with Gasteiger partial charge in [-0.15, -0.1) is 0 Å². The zero-order valence-corrected chi connectivity index (χ0v) is 12.2. The van der Waals surface area contributed by atoms with E-state index in [1.165, 1.54) is 0 Å². The first-order chi connectivity index (χ1) is 10.8. The van der Waals surface area contributed by atoms with Crippen LogP contribution >= 0.6 is 0 Å². The summed E-state index contributed by atoms with van der Waals surface area (Å²) < 4.78 is 65.6. The number of ketones is 1. The first-order valence-corrected chi connectivity index (χ1v) is 7.66. The Hall–Kier alpha value is -2.00. The number of benzene rings is 1. The fourth-order valence-electron chi connectivity index (χ4n) is 2.23. The van der Waals surface area contributed by atoms with Crippen LogP contribution in [0.4, 0.5) is 13.2 Å². The SMILES string of the molecule is O=C(c1ccc(C(F)(F)F)cc1S(=O)[O-])c1cnoc1C1CC1. The normalized spacial score (nSPS) is 16.3. The molecule has 0 amide bonds. The summed E-state index contributed by atoms with van der Waals surface area (Å²) in [7, 11) is 0.